The summed E-state index contributed by atoms with van der Waals surface area (Å²) in [6, 6.07) is 1.67. The van der Waals surface area contributed by atoms with Gasteiger partial charge in [-0.2, -0.15) is 0 Å². The molecule has 2 heterocycles. The molecule has 0 amide bonds. The number of pyridine rings is 1. The van der Waals surface area contributed by atoms with E-state index in [1.54, 1.807) is 19.2 Å². The Labute approximate surface area is 118 Å². The molecule has 1 aliphatic rings. The molecule has 0 bridgehead atoms. The van der Waals surface area contributed by atoms with E-state index < -0.39 is 0 Å². The fourth-order valence-corrected chi connectivity index (χ4v) is 2.47. The van der Waals surface area contributed by atoms with Crippen LogP contribution in [0.15, 0.2) is 12.3 Å². The van der Waals surface area contributed by atoms with Crippen molar-refractivity contribution in [2.45, 2.75) is 13.3 Å². The average Bonchev–Trinajstić information content (AvgIpc) is 2.45. The molecular weight excluding hydrogens is 260 g/mol. The molecule has 1 fully saturated rings. The summed E-state index contributed by atoms with van der Waals surface area (Å²) >= 11 is 0. The second-order valence-corrected chi connectivity index (χ2v) is 4.96. The highest BCUT2D eigenvalue weighted by Gasteiger charge is 2.26. The van der Waals surface area contributed by atoms with E-state index in [9.17, 15) is 10.1 Å². The van der Waals surface area contributed by atoms with Gasteiger partial charge in [0.25, 0.3) is 0 Å². The lowest BCUT2D eigenvalue weighted by atomic mass is 10.2. The lowest BCUT2D eigenvalue weighted by Crippen LogP contribution is -2.47. The lowest BCUT2D eigenvalue weighted by molar-refractivity contribution is -0.384. The number of aliphatic hydroxyl groups is 1. The monoisotopic (exact) mass is 280 g/mol. The molecule has 7 heteroatoms. The minimum Gasteiger partial charge on any atom is -0.396 e. The zero-order chi connectivity index (χ0) is 14.5. The number of anilines is 1. The predicted octanol–water partition coefficient (Wildman–Crippen LogP) is 0.803. The smallest absolute Gasteiger partial charge is 0.314 e. The molecule has 1 aliphatic heterocycles. The van der Waals surface area contributed by atoms with Crippen LogP contribution in [0.5, 0.6) is 0 Å². The number of aryl methyl sites for hydroxylation is 1. The van der Waals surface area contributed by atoms with Crippen molar-refractivity contribution in [1.29, 1.82) is 0 Å². The molecule has 1 aromatic rings. The summed E-state index contributed by atoms with van der Waals surface area (Å²) in [6.45, 7) is 5.94. The fraction of sp³-hybridized carbons (Fsp3) is 0.615. The van der Waals surface area contributed by atoms with Gasteiger partial charge in [-0.1, -0.05) is 0 Å². The molecule has 0 aliphatic carbocycles. The van der Waals surface area contributed by atoms with Crippen molar-refractivity contribution in [2.24, 2.45) is 0 Å². The Hall–Kier alpha value is -1.73. The van der Waals surface area contributed by atoms with E-state index in [2.05, 4.69) is 9.88 Å². The summed E-state index contributed by atoms with van der Waals surface area (Å²) in [7, 11) is 0. The summed E-state index contributed by atoms with van der Waals surface area (Å²) in [6.07, 6.45) is 2.39. The van der Waals surface area contributed by atoms with Crippen LogP contribution in [0.3, 0.4) is 0 Å². The highest BCUT2D eigenvalue weighted by atomic mass is 16.6. The van der Waals surface area contributed by atoms with Crippen molar-refractivity contribution in [3.05, 3.63) is 27.9 Å². The van der Waals surface area contributed by atoms with Crippen molar-refractivity contribution in [2.75, 3.05) is 44.2 Å². The van der Waals surface area contributed by atoms with Crippen LogP contribution in [0.2, 0.25) is 0 Å². The van der Waals surface area contributed by atoms with Gasteiger partial charge in [-0.25, -0.2) is 4.98 Å². The number of aromatic nitrogens is 1. The van der Waals surface area contributed by atoms with E-state index in [4.69, 9.17) is 5.11 Å². The molecular formula is C13H20N4O3. The summed E-state index contributed by atoms with van der Waals surface area (Å²) in [5, 5.41) is 20.0. The van der Waals surface area contributed by atoms with Gasteiger partial charge in [-0.15, -0.1) is 0 Å². The van der Waals surface area contributed by atoms with Crippen LogP contribution in [-0.4, -0.2) is 59.2 Å². The maximum absolute atomic E-state index is 11.2. The minimum atomic E-state index is -0.351. The van der Waals surface area contributed by atoms with Gasteiger partial charge in [-0.05, 0) is 19.4 Å². The standard InChI is InChI=1S/C13H20N4O3/c1-11-3-4-14-13(12(11)17(19)20)16-8-6-15(7-9-16)5-2-10-18/h3-4,18H,2,5-10H2,1H3. The number of rotatable bonds is 5. The highest BCUT2D eigenvalue weighted by molar-refractivity contribution is 5.61. The van der Waals surface area contributed by atoms with Gasteiger partial charge in [0.1, 0.15) is 0 Å². The molecule has 0 spiro atoms. The zero-order valence-corrected chi connectivity index (χ0v) is 11.7. The Morgan fingerprint density at radius 3 is 2.70 bits per heavy atom. The van der Waals surface area contributed by atoms with Crippen LogP contribution in [0.25, 0.3) is 0 Å². The van der Waals surface area contributed by atoms with Gasteiger partial charge in [-0.3, -0.25) is 15.0 Å². The van der Waals surface area contributed by atoms with Crippen molar-refractivity contribution in [1.82, 2.24) is 9.88 Å². The maximum atomic E-state index is 11.2. The zero-order valence-electron chi connectivity index (χ0n) is 11.7. The van der Waals surface area contributed by atoms with Gasteiger partial charge in [0, 0.05) is 51.1 Å². The molecule has 0 unspecified atom stereocenters. The second kappa shape index (κ2) is 6.62. The van der Waals surface area contributed by atoms with E-state index in [0.717, 1.165) is 39.1 Å². The van der Waals surface area contributed by atoms with Crippen LogP contribution >= 0.6 is 0 Å². The van der Waals surface area contributed by atoms with E-state index in [1.807, 2.05) is 4.90 Å². The normalized spacial score (nSPS) is 16.4. The SMILES string of the molecule is Cc1ccnc(N2CCN(CCCO)CC2)c1[N+](=O)[O-]. The molecule has 0 atom stereocenters. The molecule has 0 radical (unpaired) electrons. The summed E-state index contributed by atoms with van der Waals surface area (Å²) in [4.78, 5) is 19.3. The predicted molar refractivity (Wildman–Crippen MR) is 76.0 cm³/mol. The van der Waals surface area contributed by atoms with Crippen molar-refractivity contribution in [3.8, 4) is 0 Å². The largest absolute Gasteiger partial charge is 0.396 e. The van der Waals surface area contributed by atoms with Crippen LogP contribution in [0.1, 0.15) is 12.0 Å². The number of hydrogen-bond acceptors (Lipinski definition) is 6. The topological polar surface area (TPSA) is 82.7 Å². The number of hydrogen-bond donors (Lipinski definition) is 1. The molecule has 1 aromatic heterocycles. The Bertz CT molecular complexity index is 473. The van der Waals surface area contributed by atoms with Crippen LogP contribution in [-0.2, 0) is 0 Å². The molecule has 7 nitrogen and oxygen atoms in total. The molecule has 0 saturated carbocycles. The summed E-state index contributed by atoms with van der Waals surface area (Å²) in [5.74, 6) is 0.469. The molecule has 20 heavy (non-hydrogen) atoms. The molecule has 2 rings (SSSR count). The maximum Gasteiger partial charge on any atom is 0.314 e. The van der Waals surface area contributed by atoms with E-state index in [-0.39, 0.29) is 17.2 Å². The number of piperazine rings is 1. The molecule has 1 saturated heterocycles. The van der Waals surface area contributed by atoms with Crippen molar-refractivity contribution in [3.63, 3.8) is 0 Å². The first kappa shape index (κ1) is 14.7. The summed E-state index contributed by atoms with van der Waals surface area (Å²) in [5.41, 5.74) is 0.749. The first-order valence-corrected chi connectivity index (χ1v) is 6.81. The Balaban J connectivity index is 2.07. The van der Waals surface area contributed by atoms with Crippen molar-refractivity contribution < 1.29 is 10.0 Å². The number of nitro groups is 1. The number of aliphatic hydroxyl groups excluding tert-OH is 1. The molecule has 0 aromatic carbocycles. The summed E-state index contributed by atoms with van der Waals surface area (Å²) < 4.78 is 0. The van der Waals surface area contributed by atoms with E-state index in [0.29, 0.717) is 11.4 Å². The van der Waals surface area contributed by atoms with E-state index >= 15 is 0 Å². The van der Waals surface area contributed by atoms with Crippen LogP contribution < -0.4 is 4.90 Å². The third-order valence-corrected chi connectivity index (χ3v) is 3.59. The quantitative estimate of drug-likeness (QED) is 0.634. The first-order chi connectivity index (χ1) is 9.63. The number of nitrogens with zero attached hydrogens (tertiary/aromatic N) is 4. The van der Waals surface area contributed by atoms with Crippen LogP contribution in [0, 0.1) is 17.0 Å². The average molecular weight is 280 g/mol. The fourth-order valence-electron chi connectivity index (χ4n) is 2.47. The third-order valence-electron chi connectivity index (χ3n) is 3.59. The molecule has 110 valence electrons. The minimum absolute atomic E-state index is 0.108. The van der Waals surface area contributed by atoms with Gasteiger partial charge >= 0.3 is 5.69 Å². The van der Waals surface area contributed by atoms with Gasteiger partial charge < -0.3 is 10.0 Å². The first-order valence-electron chi connectivity index (χ1n) is 6.81. The lowest BCUT2D eigenvalue weighted by Gasteiger charge is -2.35. The highest BCUT2D eigenvalue weighted by Crippen LogP contribution is 2.29. The Morgan fingerprint density at radius 1 is 1.40 bits per heavy atom. The molecule has 1 N–H and O–H groups in total. The Kier molecular flexibility index (Phi) is 4.86. The third kappa shape index (κ3) is 3.23. The second-order valence-electron chi connectivity index (χ2n) is 4.96. The Morgan fingerprint density at radius 2 is 2.10 bits per heavy atom. The van der Waals surface area contributed by atoms with Gasteiger partial charge in [0.2, 0.25) is 5.82 Å². The van der Waals surface area contributed by atoms with E-state index in [1.165, 1.54) is 0 Å². The van der Waals surface area contributed by atoms with Crippen molar-refractivity contribution >= 4 is 11.5 Å². The van der Waals surface area contributed by atoms with Crippen LogP contribution in [0.4, 0.5) is 11.5 Å². The van der Waals surface area contributed by atoms with Gasteiger partial charge in [0.15, 0.2) is 0 Å². The van der Waals surface area contributed by atoms with Gasteiger partial charge in [0.05, 0.1) is 4.92 Å².